The molecule has 1 heterocycles. The molecule has 2 rings (SSSR count). The maximum absolute atomic E-state index is 12.6. The third-order valence-corrected chi connectivity index (χ3v) is 5.88. The van der Waals surface area contributed by atoms with Crippen molar-refractivity contribution in [2.75, 3.05) is 18.4 Å². The second-order valence-corrected chi connectivity index (χ2v) is 7.64. The van der Waals surface area contributed by atoms with Crippen molar-refractivity contribution in [1.29, 1.82) is 0 Å². The van der Waals surface area contributed by atoms with Gasteiger partial charge < -0.3 is 9.47 Å². The van der Waals surface area contributed by atoms with Crippen LogP contribution in [0.3, 0.4) is 0 Å². The third-order valence-electron chi connectivity index (χ3n) is 3.20. The van der Waals surface area contributed by atoms with Crippen LogP contribution in [0.15, 0.2) is 35.2 Å². The highest BCUT2D eigenvalue weighted by atomic mass is 32.2. The van der Waals surface area contributed by atoms with Crippen molar-refractivity contribution in [3.8, 4) is 0 Å². The molecule has 0 radical (unpaired) electrons. The molecule has 0 spiro atoms. The SMILES string of the molecule is CCOC(=O)c1sc(NS(=O)(=O)c2ccccc2C(=O)OC)cc1C. The molecular formula is C16H17NO6S2. The van der Waals surface area contributed by atoms with Crippen LogP contribution in [0.5, 0.6) is 0 Å². The maximum atomic E-state index is 12.6. The average molecular weight is 383 g/mol. The molecule has 1 aromatic carbocycles. The number of hydrogen-bond donors (Lipinski definition) is 1. The van der Waals surface area contributed by atoms with Gasteiger partial charge >= 0.3 is 11.9 Å². The highest BCUT2D eigenvalue weighted by Crippen LogP contribution is 2.30. The second kappa shape index (κ2) is 7.66. The number of aryl methyl sites for hydroxylation is 1. The predicted octanol–water partition coefficient (Wildman–Crippen LogP) is 2.82. The Morgan fingerprint density at radius 3 is 2.52 bits per heavy atom. The molecule has 134 valence electrons. The molecule has 0 unspecified atom stereocenters. The first kappa shape index (κ1) is 18.9. The molecule has 7 nitrogen and oxygen atoms in total. The van der Waals surface area contributed by atoms with Crippen LogP contribution in [0.25, 0.3) is 0 Å². The lowest BCUT2D eigenvalue weighted by Gasteiger charge is -2.09. The lowest BCUT2D eigenvalue weighted by molar-refractivity contribution is 0.0530. The molecule has 0 amide bonds. The molecule has 1 N–H and O–H groups in total. The lowest BCUT2D eigenvalue weighted by Crippen LogP contribution is -2.17. The van der Waals surface area contributed by atoms with Gasteiger partial charge in [0.15, 0.2) is 0 Å². The number of benzene rings is 1. The summed E-state index contributed by atoms with van der Waals surface area (Å²) in [7, 11) is -2.86. The van der Waals surface area contributed by atoms with E-state index in [1.54, 1.807) is 19.9 Å². The van der Waals surface area contributed by atoms with Crippen LogP contribution in [-0.4, -0.2) is 34.1 Å². The molecule has 2 aromatic rings. The quantitative estimate of drug-likeness (QED) is 0.770. The van der Waals surface area contributed by atoms with E-state index in [2.05, 4.69) is 9.46 Å². The van der Waals surface area contributed by atoms with E-state index in [4.69, 9.17) is 4.74 Å². The van der Waals surface area contributed by atoms with Gasteiger partial charge in [-0.15, -0.1) is 11.3 Å². The zero-order chi connectivity index (χ0) is 18.6. The van der Waals surface area contributed by atoms with Gasteiger partial charge in [0.1, 0.15) is 14.8 Å². The van der Waals surface area contributed by atoms with Gasteiger partial charge in [0.05, 0.1) is 19.3 Å². The van der Waals surface area contributed by atoms with Crippen LogP contribution in [0.2, 0.25) is 0 Å². The Hall–Kier alpha value is -2.39. The van der Waals surface area contributed by atoms with Crippen molar-refractivity contribution in [2.45, 2.75) is 18.7 Å². The Labute approximate surface area is 149 Å². The minimum Gasteiger partial charge on any atom is -0.465 e. The van der Waals surface area contributed by atoms with E-state index in [1.807, 2.05) is 0 Å². The molecule has 0 bridgehead atoms. The molecule has 9 heteroatoms. The van der Waals surface area contributed by atoms with Crippen molar-refractivity contribution in [3.63, 3.8) is 0 Å². The summed E-state index contributed by atoms with van der Waals surface area (Å²) in [5, 5.41) is 0.250. The summed E-state index contributed by atoms with van der Waals surface area (Å²) < 4.78 is 37.2. The highest BCUT2D eigenvalue weighted by molar-refractivity contribution is 7.93. The fourth-order valence-corrected chi connectivity index (χ4v) is 4.54. The van der Waals surface area contributed by atoms with E-state index in [-0.39, 0.29) is 22.1 Å². The number of hydrogen-bond acceptors (Lipinski definition) is 7. The predicted molar refractivity (Wildman–Crippen MR) is 93.6 cm³/mol. The molecule has 0 atom stereocenters. The van der Waals surface area contributed by atoms with Crippen molar-refractivity contribution >= 4 is 38.3 Å². The Balaban J connectivity index is 2.36. The van der Waals surface area contributed by atoms with Gasteiger partial charge in [-0.3, -0.25) is 4.72 Å². The molecule has 0 fully saturated rings. The molecule has 1 aromatic heterocycles. The first-order valence-electron chi connectivity index (χ1n) is 7.28. The zero-order valence-electron chi connectivity index (χ0n) is 13.9. The summed E-state index contributed by atoms with van der Waals surface area (Å²) in [6, 6.07) is 7.25. The first-order chi connectivity index (χ1) is 11.8. The number of sulfonamides is 1. The fraction of sp³-hybridized carbons (Fsp3) is 0.250. The number of nitrogens with one attached hydrogen (secondary N) is 1. The van der Waals surface area contributed by atoms with Crippen molar-refractivity contribution < 1.29 is 27.5 Å². The molecule has 0 saturated heterocycles. The van der Waals surface area contributed by atoms with Crippen LogP contribution < -0.4 is 4.72 Å². The number of esters is 2. The normalized spacial score (nSPS) is 11.0. The number of carbonyl (C=O) groups is 2. The van der Waals surface area contributed by atoms with Crippen molar-refractivity contribution in [3.05, 3.63) is 46.3 Å². The fourth-order valence-electron chi connectivity index (χ4n) is 2.10. The maximum Gasteiger partial charge on any atom is 0.348 e. The van der Waals surface area contributed by atoms with Gasteiger partial charge in [-0.2, -0.15) is 0 Å². The minimum absolute atomic E-state index is 0.0728. The summed E-state index contributed by atoms with van der Waals surface area (Å²) >= 11 is 0.968. The number of carbonyl (C=O) groups excluding carboxylic acids is 2. The zero-order valence-corrected chi connectivity index (χ0v) is 15.5. The Bertz CT molecular complexity index is 901. The molecule has 0 saturated carbocycles. The topological polar surface area (TPSA) is 98.8 Å². The number of ether oxygens (including phenoxy) is 2. The van der Waals surface area contributed by atoms with E-state index in [1.165, 1.54) is 31.4 Å². The van der Waals surface area contributed by atoms with Crippen LogP contribution in [0.4, 0.5) is 5.00 Å². The number of methoxy groups -OCH3 is 1. The molecule has 0 aliphatic rings. The average Bonchev–Trinajstić information content (AvgIpc) is 2.94. The molecular weight excluding hydrogens is 366 g/mol. The largest absolute Gasteiger partial charge is 0.465 e. The molecule has 0 aliphatic carbocycles. The highest BCUT2D eigenvalue weighted by Gasteiger charge is 2.24. The number of anilines is 1. The van der Waals surface area contributed by atoms with Crippen LogP contribution in [-0.2, 0) is 19.5 Å². The summed E-state index contributed by atoms with van der Waals surface area (Å²) in [5.74, 6) is -1.26. The summed E-state index contributed by atoms with van der Waals surface area (Å²) in [6.45, 7) is 3.60. The summed E-state index contributed by atoms with van der Waals surface area (Å²) in [4.78, 5) is 23.7. The standard InChI is InChI=1S/C16H17NO6S2/c1-4-23-16(19)14-10(2)9-13(24-14)17-25(20,21)12-8-6-5-7-11(12)15(18)22-3/h5-9,17H,4H2,1-3H3. The van der Waals surface area contributed by atoms with Crippen LogP contribution in [0.1, 0.15) is 32.5 Å². The Kier molecular flexibility index (Phi) is 5.81. The monoisotopic (exact) mass is 383 g/mol. The third kappa shape index (κ3) is 4.18. The van der Waals surface area contributed by atoms with Gasteiger partial charge in [-0.25, -0.2) is 18.0 Å². The summed E-state index contributed by atoms with van der Waals surface area (Å²) in [6.07, 6.45) is 0. The Morgan fingerprint density at radius 1 is 1.20 bits per heavy atom. The van der Waals surface area contributed by atoms with Gasteiger partial charge in [-0.1, -0.05) is 12.1 Å². The molecule has 25 heavy (non-hydrogen) atoms. The van der Waals surface area contributed by atoms with Crippen molar-refractivity contribution in [2.24, 2.45) is 0 Å². The van der Waals surface area contributed by atoms with Gasteiger partial charge in [0, 0.05) is 0 Å². The first-order valence-corrected chi connectivity index (χ1v) is 9.57. The van der Waals surface area contributed by atoms with Gasteiger partial charge in [0.2, 0.25) is 0 Å². The number of rotatable bonds is 6. The van der Waals surface area contributed by atoms with E-state index in [9.17, 15) is 18.0 Å². The smallest absolute Gasteiger partial charge is 0.348 e. The van der Waals surface area contributed by atoms with Crippen LogP contribution >= 0.6 is 11.3 Å². The lowest BCUT2D eigenvalue weighted by atomic mass is 10.2. The molecule has 0 aliphatic heterocycles. The van der Waals surface area contributed by atoms with Gasteiger partial charge in [0.25, 0.3) is 10.0 Å². The second-order valence-electron chi connectivity index (χ2n) is 4.94. The summed E-state index contributed by atoms with van der Waals surface area (Å²) in [5.41, 5.74) is 0.527. The minimum atomic E-state index is -4.03. The van der Waals surface area contributed by atoms with Crippen LogP contribution in [0, 0.1) is 6.92 Å². The van der Waals surface area contributed by atoms with E-state index >= 15 is 0 Å². The van der Waals surface area contributed by atoms with E-state index in [0.717, 1.165) is 11.3 Å². The van der Waals surface area contributed by atoms with Crippen molar-refractivity contribution in [1.82, 2.24) is 0 Å². The van der Waals surface area contributed by atoms with E-state index < -0.39 is 22.0 Å². The number of thiophene rings is 1. The Morgan fingerprint density at radius 2 is 1.88 bits per heavy atom. The van der Waals surface area contributed by atoms with Gasteiger partial charge in [-0.05, 0) is 37.6 Å². The van der Waals surface area contributed by atoms with E-state index in [0.29, 0.717) is 10.4 Å².